The van der Waals surface area contributed by atoms with Crippen molar-refractivity contribution < 1.29 is 13.9 Å². The Morgan fingerprint density at radius 1 is 1.60 bits per heavy atom. The molecule has 1 aliphatic heterocycles. The third kappa shape index (κ3) is 4.03. The van der Waals surface area contributed by atoms with Gasteiger partial charge in [0, 0.05) is 5.92 Å². The van der Waals surface area contributed by atoms with Crippen LogP contribution in [-0.4, -0.2) is 31.1 Å². The van der Waals surface area contributed by atoms with E-state index in [4.69, 9.17) is 4.74 Å². The van der Waals surface area contributed by atoms with Gasteiger partial charge < -0.3 is 10.1 Å². The van der Waals surface area contributed by atoms with Crippen LogP contribution in [-0.2, 0) is 4.74 Å². The molecule has 1 amide bonds. The molecule has 0 aliphatic carbocycles. The van der Waals surface area contributed by atoms with Crippen molar-refractivity contribution in [1.82, 2.24) is 10.6 Å². The number of hydrogen-bond acceptors (Lipinski definition) is 3. The Labute approximate surface area is 89.6 Å². The molecule has 1 aliphatic rings. The van der Waals surface area contributed by atoms with Crippen LogP contribution in [0.4, 0.5) is 9.18 Å². The van der Waals surface area contributed by atoms with Gasteiger partial charge in [-0.2, -0.15) is 0 Å². The zero-order valence-corrected chi connectivity index (χ0v) is 9.47. The van der Waals surface area contributed by atoms with Crippen molar-refractivity contribution in [3.05, 3.63) is 0 Å². The molecular weight excluding hydrogens is 199 g/mol. The lowest BCUT2D eigenvalue weighted by Crippen LogP contribution is -2.47. The SMILES string of the molecule is CC(C)(C)OC(=O)NC1NCCC1CF. The molecule has 5 heteroatoms. The first kappa shape index (κ1) is 12.2. The van der Waals surface area contributed by atoms with Crippen LogP contribution in [0.5, 0.6) is 0 Å². The summed E-state index contributed by atoms with van der Waals surface area (Å²) in [4.78, 5) is 11.4. The summed E-state index contributed by atoms with van der Waals surface area (Å²) in [7, 11) is 0. The molecule has 0 bridgehead atoms. The van der Waals surface area contributed by atoms with Gasteiger partial charge in [0.1, 0.15) is 5.60 Å². The van der Waals surface area contributed by atoms with Crippen molar-refractivity contribution in [1.29, 1.82) is 0 Å². The predicted octanol–water partition coefficient (Wildman–Crippen LogP) is 1.42. The molecule has 88 valence electrons. The Morgan fingerprint density at radius 3 is 2.80 bits per heavy atom. The maximum Gasteiger partial charge on any atom is 0.408 e. The van der Waals surface area contributed by atoms with Crippen molar-refractivity contribution in [3.8, 4) is 0 Å². The summed E-state index contributed by atoms with van der Waals surface area (Å²) in [5, 5.41) is 5.65. The average Bonchev–Trinajstić information content (AvgIpc) is 2.48. The number of alkyl halides is 1. The largest absolute Gasteiger partial charge is 0.444 e. The number of amides is 1. The molecule has 2 N–H and O–H groups in total. The molecule has 2 atom stereocenters. The van der Waals surface area contributed by atoms with Crippen LogP contribution < -0.4 is 10.6 Å². The van der Waals surface area contributed by atoms with Gasteiger partial charge in [-0.3, -0.25) is 9.71 Å². The number of nitrogens with one attached hydrogen (secondary N) is 2. The molecule has 2 unspecified atom stereocenters. The highest BCUT2D eigenvalue weighted by Gasteiger charge is 2.29. The molecule has 0 aromatic rings. The Morgan fingerprint density at radius 2 is 2.27 bits per heavy atom. The standard InChI is InChI=1S/C10H19FN2O2/c1-10(2,3)15-9(14)13-8-7(6-11)4-5-12-8/h7-8,12H,4-6H2,1-3H3,(H,13,14). The minimum atomic E-state index is -0.520. The van der Waals surface area contributed by atoms with Crippen molar-refractivity contribution >= 4 is 6.09 Å². The quantitative estimate of drug-likeness (QED) is 0.737. The Kier molecular flexibility index (Phi) is 3.90. The molecule has 0 aromatic carbocycles. The molecule has 4 nitrogen and oxygen atoms in total. The van der Waals surface area contributed by atoms with Crippen LogP contribution in [0.15, 0.2) is 0 Å². The van der Waals surface area contributed by atoms with E-state index < -0.39 is 18.4 Å². The molecular formula is C10H19FN2O2. The third-order valence-corrected chi connectivity index (χ3v) is 2.22. The van der Waals surface area contributed by atoms with E-state index in [1.54, 1.807) is 20.8 Å². The van der Waals surface area contributed by atoms with E-state index >= 15 is 0 Å². The van der Waals surface area contributed by atoms with Gasteiger partial charge in [-0.05, 0) is 33.7 Å². The van der Waals surface area contributed by atoms with Gasteiger partial charge in [0.15, 0.2) is 0 Å². The topological polar surface area (TPSA) is 50.4 Å². The second kappa shape index (κ2) is 4.79. The lowest BCUT2D eigenvalue weighted by Gasteiger charge is -2.23. The molecule has 1 fully saturated rings. The smallest absolute Gasteiger partial charge is 0.408 e. The molecule has 1 rings (SSSR count). The molecule has 0 radical (unpaired) electrons. The van der Waals surface area contributed by atoms with Crippen molar-refractivity contribution in [2.24, 2.45) is 5.92 Å². The zero-order chi connectivity index (χ0) is 11.5. The van der Waals surface area contributed by atoms with Crippen LogP contribution >= 0.6 is 0 Å². The minimum Gasteiger partial charge on any atom is -0.444 e. The summed E-state index contributed by atoms with van der Waals surface area (Å²) in [5.41, 5.74) is -0.520. The fraction of sp³-hybridized carbons (Fsp3) is 0.900. The van der Waals surface area contributed by atoms with Crippen LogP contribution in [0, 0.1) is 5.92 Å². The van der Waals surface area contributed by atoms with E-state index in [-0.39, 0.29) is 12.1 Å². The van der Waals surface area contributed by atoms with Gasteiger partial charge in [0.05, 0.1) is 12.8 Å². The van der Waals surface area contributed by atoms with Gasteiger partial charge >= 0.3 is 6.09 Å². The summed E-state index contributed by atoms with van der Waals surface area (Å²) < 4.78 is 17.6. The van der Waals surface area contributed by atoms with Crippen LogP contribution in [0.25, 0.3) is 0 Å². The number of carbonyl (C=O) groups is 1. The Balaban J connectivity index is 2.37. The van der Waals surface area contributed by atoms with E-state index in [0.29, 0.717) is 0 Å². The first-order valence-electron chi connectivity index (χ1n) is 5.21. The Bertz CT molecular complexity index is 228. The van der Waals surface area contributed by atoms with Crippen LogP contribution in [0.1, 0.15) is 27.2 Å². The predicted molar refractivity (Wildman–Crippen MR) is 55.2 cm³/mol. The monoisotopic (exact) mass is 218 g/mol. The summed E-state index contributed by atoms with van der Waals surface area (Å²) >= 11 is 0. The normalized spacial score (nSPS) is 26.4. The number of halogens is 1. The average molecular weight is 218 g/mol. The van der Waals surface area contributed by atoms with Gasteiger partial charge in [0.25, 0.3) is 0 Å². The number of hydrogen-bond donors (Lipinski definition) is 2. The minimum absolute atomic E-state index is 0.141. The van der Waals surface area contributed by atoms with Crippen molar-refractivity contribution in [3.63, 3.8) is 0 Å². The maximum absolute atomic E-state index is 12.5. The number of ether oxygens (including phenoxy) is 1. The summed E-state index contributed by atoms with van der Waals surface area (Å²) in [6.07, 6.45) is -0.0538. The van der Waals surface area contributed by atoms with Crippen molar-refractivity contribution in [2.45, 2.75) is 39.0 Å². The highest BCUT2D eigenvalue weighted by molar-refractivity contribution is 5.68. The molecule has 0 saturated carbocycles. The van der Waals surface area contributed by atoms with E-state index in [1.807, 2.05) is 0 Å². The molecule has 0 spiro atoms. The zero-order valence-electron chi connectivity index (χ0n) is 9.47. The Hall–Kier alpha value is -0.840. The highest BCUT2D eigenvalue weighted by Crippen LogP contribution is 2.15. The molecule has 1 saturated heterocycles. The maximum atomic E-state index is 12.5. The molecule has 0 aromatic heterocycles. The second-order valence-corrected chi connectivity index (χ2v) is 4.78. The van der Waals surface area contributed by atoms with Gasteiger partial charge in [-0.15, -0.1) is 0 Å². The van der Waals surface area contributed by atoms with E-state index in [9.17, 15) is 9.18 Å². The first-order chi connectivity index (χ1) is 6.92. The van der Waals surface area contributed by atoms with E-state index in [0.717, 1.165) is 13.0 Å². The summed E-state index contributed by atoms with van der Waals surface area (Å²) in [5.74, 6) is -0.141. The second-order valence-electron chi connectivity index (χ2n) is 4.78. The van der Waals surface area contributed by atoms with Crippen LogP contribution in [0.3, 0.4) is 0 Å². The molecule has 1 heterocycles. The van der Waals surface area contributed by atoms with E-state index in [1.165, 1.54) is 0 Å². The van der Waals surface area contributed by atoms with Gasteiger partial charge in [-0.25, -0.2) is 4.79 Å². The van der Waals surface area contributed by atoms with Crippen LogP contribution in [0.2, 0.25) is 0 Å². The van der Waals surface area contributed by atoms with Gasteiger partial charge in [-0.1, -0.05) is 0 Å². The lowest BCUT2D eigenvalue weighted by molar-refractivity contribution is 0.0482. The fourth-order valence-electron chi connectivity index (χ4n) is 1.53. The summed E-state index contributed by atoms with van der Waals surface area (Å²) in [6.45, 7) is 5.69. The van der Waals surface area contributed by atoms with Crippen molar-refractivity contribution in [2.75, 3.05) is 13.2 Å². The molecule has 15 heavy (non-hydrogen) atoms. The highest BCUT2D eigenvalue weighted by atomic mass is 19.1. The summed E-state index contributed by atoms with van der Waals surface area (Å²) in [6, 6.07) is 0. The number of carbonyl (C=O) groups excluding carboxylic acids is 1. The number of rotatable bonds is 2. The first-order valence-corrected chi connectivity index (χ1v) is 5.21. The lowest BCUT2D eigenvalue weighted by atomic mass is 10.1. The number of alkyl carbamates (subject to hydrolysis) is 1. The fourth-order valence-corrected chi connectivity index (χ4v) is 1.53. The van der Waals surface area contributed by atoms with Gasteiger partial charge in [0.2, 0.25) is 0 Å². The van der Waals surface area contributed by atoms with E-state index in [2.05, 4.69) is 10.6 Å². The third-order valence-electron chi connectivity index (χ3n) is 2.22.